The number of halogens is 1. The van der Waals surface area contributed by atoms with E-state index in [1.54, 1.807) is 18.2 Å². The van der Waals surface area contributed by atoms with Gasteiger partial charge in [0.2, 0.25) is 0 Å². The molecule has 0 heterocycles. The zero-order valence-electron chi connectivity index (χ0n) is 8.31. The average molecular weight is 272 g/mol. The van der Waals surface area contributed by atoms with Crippen LogP contribution in [0.25, 0.3) is 0 Å². The third kappa shape index (κ3) is 7.29. The summed E-state index contributed by atoms with van der Waals surface area (Å²) >= 11 is 4.08. The standard InChI is InChI=1S/C6H5F.C6H6S.Zn/c2*7-6-4-2-1-3-5-6;/h1-5H;1-5,7H;. The summed E-state index contributed by atoms with van der Waals surface area (Å²) in [5.41, 5.74) is 0. The van der Waals surface area contributed by atoms with Crippen LogP contribution in [0.2, 0.25) is 0 Å². The molecule has 0 bridgehead atoms. The fourth-order valence-corrected chi connectivity index (χ4v) is 1.01. The van der Waals surface area contributed by atoms with E-state index < -0.39 is 0 Å². The van der Waals surface area contributed by atoms with Gasteiger partial charge in [0.05, 0.1) is 0 Å². The average Bonchev–Trinajstić information content (AvgIpc) is 2.21. The Kier molecular flexibility index (Phi) is 8.26. The van der Waals surface area contributed by atoms with Gasteiger partial charge in [0.15, 0.2) is 0 Å². The van der Waals surface area contributed by atoms with Crippen LogP contribution >= 0.6 is 12.6 Å². The molecule has 0 aliphatic carbocycles. The van der Waals surface area contributed by atoms with Crippen LogP contribution in [0, 0.1) is 5.82 Å². The van der Waals surface area contributed by atoms with Crippen molar-refractivity contribution < 1.29 is 23.9 Å². The van der Waals surface area contributed by atoms with Gasteiger partial charge in [-0.3, -0.25) is 0 Å². The molecule has 0 unspecified atom stereocenters. The molecule has 0 aromatic heterocycles. The fourth-order valence-electron chi connectivity index (χ4n) is 0.843. The van der Waals surface area contributed by atoms with Gasteiger partial charge in [-0.25, -0.2) is 4.39 Å². The van der Waals surface area contributed by atoms with Gasteiger partial charge in [-0.05, 0) is 24.3 Å². The van der Waals surface area contributed by atoms with Crippen molar-refractivity contribution in [2.24, 2.45) is 0 Å². The molecular formula is C12H11FSZn. The molecule has 0 atom stereocenters. The van der Waals surface area contributed by atoms with E-state index in [1.807, 2.05) is 30.3 Å². The minimum atomic E-state index is -0.178. The first kappa shape index (κ1) is 14.3. The molecule has 0 nitrogen and oxygen atoms in total. The van der Waals surface area contributed by atoms with Gasteiger partial charge >= 0.3 is 0 Å². The Hall–Kier alpha value is -0.657. The molecule has 3 heteroatoms. The molecule has 0 saturated carbocycles. The van der Waals surface area contributed by atoms with Gasteiger partial charge in [-0.15, -0.1) is 12.6 Å². The predicted molar refractivity (Wildman–Crippen MR) is 60.1 cm³/mol. The first-order chi connectivity index (χ1) is 6.79. The Bertz CT molecular complexity index is 313. The van der Waals surface area contributed by atoms with Crippen LogP contribution in [0.5, 0.6) is 0 Å². The van der Waals surface area contributed by atoms with Crippen LogP contribution in [-0.2, 0) is 19.5 Å². The van der Waals surface area contributed by atoms with Crippen molar-refractivity contribution in [3.63, 3.8) is 0 Å². The number of benzene rings is 2. The second-order valence-electron chi connectivity index (χ2n) is 2.63. The summed E-state index contributed by atoms with van der Waals surface area (Å²) in [6.45, 7) is 0. The summed E-state index contributed by atoms with van der Waals surface area (Å²) in [6.07, 6.45) is 0. The Balaban J connectivity index is 0.000000245. The van der Waals surface area contributed by atoms with Crippen LogP contribution in [0.1, 0.15) is 0 Å². The van der Waals surface area contributed by atoms with Crippen molar-refractivity contribution in [2.45, 2.75) is 4.90 Å². The molecule has 74 valence electrons. The molecule has 0 aliphatic rings. The van der Waals surface area contributed by atoms with E-state index in [2.05, 4.69) is 12.6 Å². The van der Waals surface area contributed by atoms with Crippen molar-refractivity contribution in [2.75, 3.05) is 0 Å². The largest absolute Gasteiger partial charge is 0.207 e. The molecule has 0 radical (unpaired) electrons. The Morgan fingerprint density at radius 2 is 1.13 bits per heavy atom. The van der Waals surface area contributed by atoms with Crippen LogP contribution in [0.3, 0.4) is 0 Å². The Morgan fingerprint density at radius 1 is 0.733 bits per heavy atom. The Labute approximate surface area is 108 Å². The van der Waals surface area contributed by atoms with E-state index in [9.17, 15) is 4.39 Å². The first-order valence-electron chi connectivity index (χ1n) is 4.23. The summed E-state index contributed by atoms with van der Waals surface area (Å²) < 4.78 is 11.9. The maximum atomic E-state index is 11.9. The molecule has 2 aromatic carbocycles. The number of rotatable bonds is 0. The number of hydrogen-bond donors (Lipinski definition) is 1. The normalized spacial score (nSPS) is 8.13. The van der Waals surface area contributed by atoms with Crippen LogP contribution in [0.15, 0.2) is 65.6 Å². The van der Waals surface area contributed by atoms with Gasteiger partial charge in [-0.2, -0.15) is 0 Å². The summed E-state index contributed by atoms with van der Waals surface area (Å²) in [4.78, 5) is 1.02. The monoisotopic (exact) mass is 270 g/mol. The SMILES string of the molecule is Fc1ccccc1.Sc1ccccc1.[Zn]. The quantitative estimate of drug-likeness (QED) is 0.547. The summed E-state index contributed by atoms with van der Waals surface area (Å²) in [5.74, 6) is -0.178. The minimum Gasteiger partial charge on any atom is -0.207 e. The smallest absolute Gasteiger partial charge is 0.123 e. The van der Waals surface area contributed by atoms with E-state index in [1.165, 1.54) is 12.1 Å². The fraction of sp³-hybridized carbons (Fsp3) is 0. The summed E-state index contributed by atoms with van der Waals surface area (Å²) in [5, 5.41) is 0. The van der Waals surface area contributed by atoms with Gasteiger partial charge in [0.25, 0.3) is 0 Å². The van der Waals surface area contributed by atoms with Crippen LogP contribution in [0.4, 0.5) is 4.39 Å². The molecule has 2 aromatic rings. The van der Waals surface area contributed by atoms with E-state index in [0.29, 0.717) is 0 Å². The van der Waals surface area contributed by atoms with Crippen LogP contribution in [-0.4, -0.2) is 0 Å². The zero-order chi connectivity index (χ0) is 10.2. The van der Waals surface area contributed by atoms with E-state index in [-0.39, 0.29) is 25.3 Å². The van der Waals surface area contributed by atoms with Crippen LogP contribution < -0.4 is 0 Å². The van der Waals surface area contributed by atoms with Crippen molar-refractivity contribution in [1.82, 2.24) is 0 Å². The summed E-state index contributed by atoms with van der Waals surface area (Å²) in [7, 11) is 0. The second kappa shape index (κ2) is 8.64. The van der Waals surface area contributed by atoms with E-state index >= 15 is 0 Å². The Morgan fingerprint density at radius 3 is 1.33 bits per heavy atom. The van der Waals surface area contributed by atoms with Gasteiger partial charge in [0.1, 0.15) is 5.82 Å². The van der Waals surface area contributed by atoms with E-state index in [4.69, 9.17) is 0 Å². The number of thiol groups is 1. The second-order valence-corrected chi connectivity index (χ2v) is 3.15. The third-order valence-electron chi connectivity index (χ3n) is 1.49. The molecule has 0 saturated heterocycles. The minimum absolute atomic E-state index is 0. The first-order valence-corrected chi connectivity index (χ1v) is 4.68. The molecule has 0 N–H and O–H groups in total. The molecule has 2 rings (SSSR count). The maximum absolute atomic E-state index is 11.9. The molecule has 0 amide bonds. The summed E-state index contributed by atoms with van der Waals surface area (Å²) in [6, 6.07) is 17.7. The van der Waals surface area contributed by atoms with Gasteiger partial charge in [0, 0.05) is 24.4 Å². The van der Waals surface area contributed by atoms with Gasteiger partial charge in [-0.1, -0.05) is 36.4 Å². The van der Waals surface area contributed by atoms with Crippen molar-refractivity contribution in [1.29, 1.82) is 0 Å². The maximum Gasteiger partial charge on any atom is 0.123 e. The van der Waals surface area contributed by atoms with Crippen molar-refractivity contribution in [3.8, 4) is 0 Å². The molecular weight excluding hydrogens is 261 g/mol. The van der Waals surface area contributed by atoms with Gasteiger partial charge < -0.3 is 0 Å². The molecule has 15 heavy (non-hydrogen) atoms. The zero-order valence-corrected chi connectivity index (χ0v) is 12.2. The number of hydrogen-bond acceptors (Lipinski definition) is 1. The predicted octanol–water partition coefficient (Wildman–Crippen LogP) is 3.80. The third-order valence-corrected chi connectivity index (χ3v) is 1.79. The van der Waals surface area contributed by atoms with Crippen molar-refractivity contribution in [3.05, 3.63) is 66.5 Å². The van der Waals surface area contributed by atoms with E-state index in [0.717, 1.165) is 4.90 Å². The molecule has 0 spiro atoms. The topological polar surface area (TPSA) is 0 Å². The van der Waals surface area contributed by atoms with Crippen molar-refractivity contribution >= 4 is 12.6 Å². The molecule has 0 aliphatic heterocycles. The molecule has 0 fully saturated rings.